The Morgan fingerprint density at radius 2 is 1.68 bits per heavy atom. The van der Waals surface area contributed by atoms with Crippen molar-refractivity contribution in [2.45, 2.75) is 12.7 Å². The number of carbonyl (C=O) groups excluding carboxylic acids is 1. The van der Waals surface area contributed by atoms with Crippen molar-refractivity contribution in [3.05, 3.63) is 99.5 Å². The number of hydrogen-bond acceptors (Lipinski definition) is 4. The average molecular weight is 499 g/mol. The summed E-state index contributed by atoms with van der Waals surface area (Å²) < 4.78 is 11.7. The minimum absolute atomic E-state index is 0.0197. The quantitative estimate of drug-likeness (QED) is 0.398. The number of amides is 1. The normalized spacial score (nSPS) is 15.2. The van der Waals surface area contributed by atoms with Crippen LogP contribution in [0.3, 0.4) is 0 Å². The molecule has 4 rings (SSSR count). The summed E-state index contributed by atoms with van der Waals surface area (Å²) >= 11 is 12.3. The van der Waals surface area contributed by atoms with Crippen LogP contribution >= 0.6 is 23.2 Å². The predicted octanol–water partition coefficient (Wildman–Crippen LogP) is 5.72. The number of hydrogen-bond donors (Lipinski definition) is 0. The fourth-order valence-corrected chi connectivity index (χ4v) is 4.41. The summed E-state index contributed by atoms with van der Waals surface area (Å²) in [5.41, 5.74) is 2.67. The second-order valence-electron chi connectivity index (χ2n) is 8.28. The third-order valence-corrected chi connectivity index (χ3v) is 6.60. The Labute approximate surface area is 210 Å². The maximum Gasteiger partial charge on any atom is 0.255 e. The lowest BCUT2D eigenvalue weighted by Gasteiger charge is -2.36. The van der Waals surface area contributed by atoms with E-state index in [0.29, 0.717) is 35.3 Å². The highest BCUT2D eigenvalue weighted by Crippen LogP contribution is 2.25. The van der Waals surface area contributed by atoms with Gasteiger partial charge in [-0.3, -0.25) is 9.69 Å². The van der Waals surface area contributed by atoms with E-state index in [1.54, 1.807) is 19.2 Å². The number of methoxy groups -OCH3 is 1. The van der Waals surface area contributed by atoms with Crippen LogP contribution < -0.4 is 4.74 Å². The third kappa shape index (κ3) is 6.30. The van der Waals surface area contributed by atoms with Gasteiger partial charge >= 0.3 is 0 Å². The molecule has 7 heteroatoms. The van der Waals surface area contributed by atoms with E-state index in [9.17, 15) is 4.79 Å². The highest BCUT2D eigenvalue weighted by molar-refractivity contribution is 6.33. The SMILES string of the molecule is COc1cccc(CO[C@H](CN2CCN(C(=O)c3ccccc3Cl)CC2)c2ccc(Cl)cc2)c1. The van der Waals surface area contributed by atoms with Gasteiger partial charge in [0.15, 0.2) is 0 Å². The molecule has 5 nitrogen and oxygen atoms in total. The van der Waals surface area contributed by atoms with Gasteiger partial charge in [0.2, 0.25) is 0 Å². The van der Waals surface area contributed by atoms with Crippen molar-refractivity contribution in [3.63, 3.8) is 0 Å². The monoisotopic (exact) mass is 498 g/mol. The van der Waals surface area contributed by atoms with Crippen LogP contribution in [0, 0.1) is 0 Å². The lowest BCUT2D eigenvalue weighted by atomic mass is 10.1. The molecule has 0 bridgehead atoms. The second-order valence-corrected chi connectivity index (χ2v) is 9.12. The van der Waals surface area contributed by atoms with Crippen molar-refractivity contribution >= 4 is 29.1 Å². The lowest BCUT2D eigenvalue weighted by Crippen LogP contribution is -2.49. The molecule has 0 spiro atoms. The molecule has 1 aliphatic rings. The molecule has 1 fully saturated rings. The molecule has 3 aromatic rings. The summed E-state index contributed by atoms with van der Waals surface area (Å²) in [5, 5.41) is 1.19. The van der Waals surface area contributed by atoms with Crippen molar-refractivity contribution in [3.8, 4) is 5.75 Å². The number of halogens is 2. The Morgan fingerprint density at radius 1 is 0.941 bits per heavy atom. The van der Waals surface area contributed by atoms with E-state index in [-0.39, 0.29) is 12.0 Å². The Hall–Kier alpha value is -2.57. The second kappa shape index (κ2) is 11.7. The summed E-state index contributed by atoms with van der Waals surface area (Å²) in [6, 6.07) is 22.9. The van der Waals surface area contributed by atoms with E-state index in [1.807, 2.05) is 65.6 Å². The smallest absolute Gasteiger partial charge is 0.255 e. The fourth-order valence-electron chi connectivity index (χ4n) is 4.06. The first-order valence-corrected chi connectivity index (χ1v) is 12.1. The van der Waals surface area contributed by atoms with E-state index >= 15 is 0 Å². The summed E-state index contributed by atoms with van der Waals surface area (Å²) in [6.45, 7) is 4.02. The molecule has 0 unspecified atom stereocenters. The zero-order chi connectivity index (χ0) is 23.9. The first-order chi connectivity index (χ1) is 16.5. The van der Waals surface area contributed by atoms with Crippen molar-refractivity contribution < 1.29 is 14.3 Å². The van der Waals surface area contributed by atoms with Crippen LogP contribution in [0.4, 0.5) is 0 Å². The number of benzene rings is 3. The average Bonchev–Trinajstić information content (AvgIpc) is 2.87. The van der Waals surface area contributed by atoms with Crippen molar-refractivity contribution in [1.29, 1.82) is 0 Å². The summed E-state index contributed by atoms with van der Waals surface area (Å²) in [6.07, 6.45) is -0.130. The number of piperazine rings is 1. The number of carbonyl (C=O) groups is 1. The van der Waals surface area contributed by atoms with Crippen LogP contribution in [0.5, 0.6) is 5.75 Å². The van der Waals surface area contributed by atoms with Crippen molar-refractivity contribution in [1.82, 2.24) is 9.80 Å². The molecule has 0 N–H and O–H groups in total. The predicted molar refractivity (Wildman–Crippen MR) is 136 cm³/mol. The lowest BCUT2D eigenvalue weighted by molar-refractivity contribution is 0.00338. The molecule has 34 heavy (non-hydrogen) atoms. The molecule has 178 valence electrons. The topological polar surface area (TPSA) is 42.0 Å². The van der Waals surface area contributed by atoms with Gasteiger partial charge in [-0.1, -0.05) is 59.6 Å². The van der Waals surface area contributed by atoms with Gasteiger partial charge in [-0.25, -0.2) is 0 Å². The molecule has 1 aliphatic heterocycles. The van der Waals surface area contributed by atoms with E-state index < -0.39 is 0 Å². The van der Waals surface area contributed by atoms with Gasteiger partial charge in [-0.05, 0) is 47.5 Å². The Balaban J connectivity index is 1.40. The maximum absolute atomic E-state index is 12.9. The Kier molecular flexibility index (Phi) is 8.46. The maximum atomic E-state index is 12.9. The van der Waals surface area contributed by atoms with Crippen LogP contribution in [0.15, 0.2) is 72.8 Å². The highest BCUT2D eigenvalue weighted by Gasteiger charge is 2.25. The first-order valence-electron chi connectivity index (χ1n) is 11.3. The largest absolute Gasteiger partial charge is 0.497 e. The number of rotatable bonds is 8. The number of ether oxygens (including phenoxy) is 2. The molecule has 3 aromatic carbocycles. The van der Waals surface area contributed by atoms with E-state index in [2.05, 4.69) is 4.90 Å². The van der Waals surface area contributed by atoms with Gasteiger partial charge < -0.3 is 14.4 Å². The molecule has 0 aromatic heterocycles. The standard InChI is InChI=1S/C27H28Cl2N2O3/c1-33-23-6-4-5-20(17-23)19-34-26(21-9-11-22(28)12-10-21)18-30-13-15-31(16-14-30)27(32)24-7-2-3-8-25(24)29/h2-12,17,26H,13-16,18-19H2,1H3/t26-/m1/s1. The molecule has 1 amide bonds. The van der Waals surface area contributed by atoms with Gasteiger partial charge in [0, 0.05) is 37.7 Å². The molecule has 0 aliphatic carbocycles. The fraction of sp³-hybridized carbons (Fsp3) is 0.296. The molecule has 0 saturated carbocycles. The van der Waals surface area contributed by atoms with Crippen LogP contribution in [-0.2, 0) is 11.3 Å². The zero-order valence-corrected chi connectivity index (χ0v) is 20.6. The minimum atomic E-state index is -0.130. The molecule has 1 saturated heterocycles. The number of nitrogens with zero attached hydrogens (tertiary/aromatic N) is 2. The van der Waals surface area contributed by atoms with Crippen molar-refractivity contribution in [2.75, 3.05) is 39.8 Å². The molecular weight excluding hydrogens is 471 g/mol. The molecule has 0 radical (unpaired) electrons. The van der Waals surface area contributed by atoms with E-state index in [4.69, 9.17) is 32.7 Å². The summed E-state index contributed by atoms with van der Waals surface area (Å²) in [5.74, 6) is 0.789. The zero-order valence-electron chi connectivity index (χ0n) is 19.1. The Bertz CT molecular complexity index is 1100. The van der Waals surface area contributed by atoms with Gasteiger partial charge in [-0.15, -0.1) is 0 Å². The summed E-state index contributed by atoms with van der Waals surface area (Å²) in [4.78, 5) is 17.1. The molecular formula is C27H28Cl2N2O3. The van der Waals surface area contributed by atoms with Gasteiger partial charge in [-0.2, -0.15) is 0 Å². The first kappa shape index (κ1) is 24.6. The van der Waals surface area contributed by atoms with Crippen LogP contribution in [0.1, 0.15) is 27.6 Å². The van der Waals surface area contributed by atoms with Crippen molar-refractivity contribution in [2.24, 2.45) is 0 Å². The Morgan fingerprint density at radius 3 is 2.38 bits per heavy atom. The third-order valence-electron chi connectivity index (χ3n) is 6.01. The van der Waals surface area contributed by atoms with E-state index in [0.717, 1.165) is 36.5 Å². The van der Waals surface area contributed by atoms with Crippen LogP contribution in [0.2, 0.25) is 10.0 Å². The molecule has 1 atom stereocenters. The molecule has 1 heterocycles. The summed E-state index contributed by atoms with van der Waals surface area (Å²) in [7, 11) is 1.66. The highest BCUT2D eigenvalue weighted by atomic mass is 35.5. The van der Waals surface area contributed by atoms with Gasteiger partial charge in [0.1, 0.15) is 5.75 Å². The van der Waals surface area contributed by atoms with Gasteiger partial charge in [0.05, 0.1) is 30.4 Å². The van der Waals surface area contributed by atoms with Crippen LogP contribution in [0.25, 0.3) is 0 Å². The van der Waals surface area contributed by atoms with Crippen LogP contribution in [-0.4, -0.2) is 55.5 Å². The minimum Gasteiger partial charge on any atom is -0.497 e. The van der Waals surface area contributed by atoms with E-state index in [1.165, 1.54) is 0 Å². The van der Waals surface area contributed by atoms with Gasteiger partial charge in [0.25, 0.3) is 5.91 Å².